The van der Waals surface area contributed by atoms with Gasteiger partial charge in [0.15, 0.2) is 5.00 Å². The fourth-order valence-corrected chi connectivity index (χ4v) is 4.18. The molecule has 33 heavy (non-hydrogen) atoms. The van der Waals surface area contributed by atoms with Crippen LogP contribution in [0.1, 0.15) is 27.1 Å². The van der Waals surface area contributed by atoms with E-state index in [0.717, 1.165) is 17.8 Å². The van der Waals surface area contributed by atoms with E-state index < -0.39 is 0 Å². The fourth-order valence-electron chi connectivity index (χ4n) is 3.30. The zero-order valence-electron chi connectivity index (χ0n) is 18.7. The molecule has 0 saturated heterocycles. The van der Waals surface area contributed by atoms with E-state index in [-0.39, 0.29) is 6.61 Å². The zero-order valence-corrected chi connectivity index (χ0v) is 19.5. The first-order valence-corrected chi connectivity index (χ1v) is 11.3. The fraction of sp³-hybridized carbons (Fsp3) is 0.280. The average Bonchev–Trinajstić information content (AvgIpc) is 3.15. The van der Waals surface area contributed by atoms with Gasteiger partial charge in [0.05, 0.1) is 31.1 Å². The highest BCUT2D eigenvalue weighted by atomic mass is 32.1. The van der Waals surface area contributed by atoms with Gasteiger partial charge in [0.1, 0.15) is 17.0 Å². The number of anilines is 1. The lowest BCUT2D eigenvalue weighted by Crippen LogP contribution is -2.27. The van der Waals surface area contributed by atoms with Gasteiger partial charge in [0.2, 0.25) is 0 Å². The molecule has 1 heterocycles. The van der Waals surface area contributed by atoms with Crippen LogP contribution >= 0.6 is 11.3 Å². The molecule has 0 unspecified atom stereocenters. The topological polar surface area (TPSA) is 105 Å². The van der Waals surface area contributed by atoms with Crippen LogP contribution in [-0.2, 0) is 11.3 Å². The zero-order chi connectivity index (χ0) is 23.6. The maximum Gasteiger partial charge on any atom is 0.158 e. The van der Waals surface area contributed by atoms with Crippen LogP contribution in [0, 0.1) is 36.5 Å². The SMILES string of the molecule is Cc1cc(N(CCOCCO)Cc2ccccc2)ccc1/N=N/c1sc(C#N)c(C)c1C#N. The molecule has 0 fully saturated rings. The molecule has 0 aliphatic carbocycles. The largest absolute Gasteiger partial charge is 0.394 e. The Morgan fingerprint density at radius 1 is 1.03 bits per heavy atom. The van der Waals surface area contributed by atoms with Crippen molar-refractivity contribution in [2.75, 3.05) is 31.3 Å². The number of rotatable bonds is 10. The van der Waals surface area contributed by atoms with Crippen molar-refractivity contribution in [3.63, 3.8) is 0 Å². The highest BCUT2D eigenvalue weighted by molar-refractivity contribution is 7.16. The Morgan fingerprint density at radius 3 is 2.48 bits per heavy atom. The average molecular weight is 460 g/mol. The van der Waals surface area contributed by atoms with Gasteiger partial charge in [-0.1, -0.05) is 30.3 Å². The summed E-state index contributed by atoms with van der Waals surface area (Å²) >= 11 is 1.17. The number of azo groups is 1. The second-order valence-corrected chi connectivity index (χ2v) is 8.37. The quantitative estimate of drug-likeness (QED) is 0.317. The number of nitriles is 2. The number of aliphatic hydroxyl groups excluding tert-OH is 1. The molecule has 0 aliphatic heterocycles. The Bertz CT molecular complexity index is 1190. The Hall–Kier alpha value is -3.56. The summed E-state index contributed by atoms with van der Waals surface area (Å²) in [5.41, 5.74) is 4.89. The van der Waals surface area contributed by atoms with E-state index >= 15 is 0 Å². The van der Waals surface area contributed by atoms with Crippen LogP contribution in [0.5, 0.6) is 0 Å². The van der Waals surface area contributed by atoms with Gasteiger partial charge in [-0.25, -0.2) is 0 Å². The van der Waals surface area contributed by atoms with Gasteiger partial charge in [-0.2, -0.15) is 10.5 Å². The van der Waals surface area contributed by atoms with Crippen molar-refractivity contribution in [2.45, 2.75) is 20.4 Å². The highest BCUT2D eigenvalue weighted by Crippen LogP contribution is 2.36. The third-order valence-corrected chi connectivity index (χ3v) is 6.17. The molecule has 1 aromatic heterocycles. The van der Waals surface area contributed by atoms with Gasteiger partial charge in [-0.15, -0.1) is 21.6 Å². The summed E-state index contributed by atoms with van der Waals surface area (Å²) in [4.78, 5) is 2.70. The van der Waals surface area contributed by atoms with Gasteiger partial charge >= 0.3 is 0 Å². The third-order valence-electron chi connectivity index (χ3n) is 5.09. The summed E-state index contributed by atoms with van der Waals surface area (Å²) in [6.45, 7) is 5.93. The Labute approximate surface area is 197 Å². The Kier molecular flexibility index (Phi) is 8.68. The molecular formula is C25H25N5O2S. The smallest absolute Gasteiger partial charge is 0.158 e. The number of nitrogens with zero attached hydrogens (tertiary/aromatic N) is 5. The molecule has 3 rings (SSSR count). The number of ether oxygens (including phenoxy) is 1. The Morgan fingerprint density at radius 2 is 1.82 bits per heavy atom. The van der Waals surface area contributed by atoms with Crippen molar-refractivity contribution in [2.24, 2.45) is 10.2 Å². The molecule has 1 N–H and O–H groups in total. The normalized spacial score (nSPS) is 10.8. The number of aliphatic hydroxyl groups is 1. The molecule has 3 aromatic rings. The molecule has 0 radical (unpaired) electrons. The number of aryl methyl sites for hydroxylation is 1. The van der Waals surface area contributed by atoms with Gasteiger partial charge in [-0.3, -0.25) is 0 Å². The van der Waals surface area contributed by atoms with Gasteiger partial charge in [0.25, 0.3) is 0 Å². The maximum absolute atomic E-state index is 9.40. The van der Waals surface area contributed by atoms with E-state index in [4.69, 9.17) is 9.84 Å². The number of thiophene rings is 1. The van der Waals surface area contributed by atoms with E-state index in [1.54, 1.807) is 6.92 Å². The summed E-state index contributed by atoms with van der Waals surface area (Å²) in [7, 11) is 0. The van der Waals surface area contributed by atoms with E-state index in [1.807, 2.05) is 37.3 Å². The summed E-state index contributed by atoms with van der Waals surface area (Å²) in [5, 5.41) is 36.6. The lowest BCUT2D eigenvalue weighted by Gasteiger charge is -2.25. The standard InChI is InChI=1S/C25H25N5O2S/c1-18-14-21(30(10-12-32-13-11-31)17-20-6-4-3-5-7-20)8-9-23(18)28-29-25-22(15-26)19(2)24(16-27)33-25/h3-9,14,31H,10-13,17H2,1-2H3/b29-28+. The van der Waals surface area contributed by atoms with E-state index in [0.29, 0.717) is 46.5 Å². The van der Waals surface area contributed by atoms with Crippen LogP contribution in [0.25, 0.3) is 0 Å². The molecule has 0 bridgehead atoms. The van der Waals surface area contributed by atoms with Crippen molar-refractivity contribution in [1.82, 2.24) is 0 Å². The minimum atomic E-state index is 0.00460. The van der Waals surface area contributed by atoms with Crippen molar-refractivity contribution < 1.29 is 9.84 Å². The second-order valence-electron chi connectivity index (χ2n) is 7.37. The number of hydrogen-bond donors (Lipinski definition) is 1. The Balaban J connectivity index is 1.82. The van der Waals surface area contributed by atoms with Gasteiger partial charge in [-0.05, 0) is 48.7 Å². The first kappa shape index (κ1) is 24.1. The van der Waals surface area contributed by atoms with Crippen molar-refractivity contribution in [3.8, 4) is 12.1 Å². The highest BCUT2D eigenvalue weighted by Gasteiger charge is 2.15. The van der Waals surface area contributed by atoms with Crippen LogP contribution in [0.2, 0.25) is 0 Å². The lowest BCUT2D eigenvalue weighted by atomic mass is 10.1. The lowest BCUT2D eigenvalue weighted by molar-refractivity contribution is 0.0965. The van der Waals surface area contributed by atoms with Gasteiger partial charge < -0.3 is 14.7 Å². The van der Waals surface area contributed by atoms with E-state index in [2.05, 4.69) is 45.5 Å². The summed E-state index contributed by atoms with van der Waals surface area (Å²) in [6.07, 6.45) is 0. The molecule has 0 aliphatic rings. The van der Waals surface area contributed by atoms with Crippen LogP contribution in [-0.4, -0.2) is 31.5 Å². The molecule has 2 aromatic carbocycles. The van der Waals surface area contributed by atoms with Crippen molar-refractivity contribution in [3.05, 3.63) is 75.7 Å². The molecular weight excluding hydrogens is 434 g/mol. The van der Waals surface area contributed by atoms with Gasteiger partial charge in [0, 0.05) is 18.8 Å². The minimum Gasteiger partial charge on any atom is -0.394 e. The second kappa shape index (κ2) is 11.9. The van der Waals surface area contributed by atoms with Crippen LogP contribution in [0.15, 0.2) is 58.8 Å². The maximum atomic E-state index is 9.40. The number of hydrogen-bond acceptors (Lipinski definition) is 8. The van der Waals surface area contributed by atoms with E-state index in [1.165, 1.54) is 16.9 Å². The molecule has 8 heteroatoms. The minimum absolute atomic E-state index is 0.00460. The predicted molar refractivity (Wildman–Crippen MR) is 129 cm³/mol. The molecule has 0 amide bonds. The van der Waals surface area contributed by atoms with Crippen LogP contribution in [0.3, 0.4) is 0 Å². The molecule has 0 atom stereocenters. The summed E-state index contributed by atoms with van der Waals surface area (Å²) in [6, 6.07) is 20.4. The predicted octanol–water partition coefficient (Wildman–Crippen LogP) is 5.54. The first-order valence-electron chi connectivity index (χ1n) is 10.5. The van der Waals surface area contributed by atoms with E-state index in [9.17, 15) is 10.5 Å². The van der Waals surface area contributed by atoms with Crippen LogP contribution < -0.4 is 4.90 Å². The van der Waals surface area contributed by atoms with Crippen molar-refractivity contribution >= 4 is 27.7 Å². The first-order chi connectivity index (χ1) is 16.1. The third kappa shape index (κ3) is 6.24. The molecule has 0 spiro atoms. The molecule has 0 saturated carbocycles. The summed E-state index contributed by atoms with van der Waals surface area (Å²) < 4.78 is 5.48. The molecule has 168 valence electrons. The number of benzene rings is 2. The summed E-state index contributed by atoms with van der Waals surface area (Å²) in [5.74, 6) is 0. The molecule has 7 nitrogen and oxygen atoms in total. The monoisotopic (exact) mass is 459 g/mol. The van der Waals surface area contributed by atoms with Crippen LogP contribution in [0.4, 0.5) is 16.4 Å². The van der Waals surface area contributed by atoms with Crippen molar-refractivity contribution in [1.29, 1.82) is 10.5 Å².